The van der Waals surface area contributed by atoms with Crippen LogP contribution in [0.25, 0.3) is 5.69 Å². The van der Waals surface area contributed by atoms with Gasteiger partial charge < -0.3 is 10.2 Å². The molecule has 9 heteroatoms. The monoisotopic (exact) mass is 437 g/mol. The summed E-state index contributed by atoms with van der Waals surface area (Å²) >= 11 is 0. The van der Waals surface area contributed by atoms with Crippen LogP contribution in [0.2, 0.25) is 0 Å². The van der Waals surface area contributed by atoms with Crippen molar-refractivity contribution in [1.82, 2.24) is 14.7 Å². The lowest BCUT2D eigenvalue weighted by atomic mass is 10.0. The van der Waals surface area contributed by atoms with E-state index in [1.54, 1.807) is 27.9 Å². The number of amides is 1. The van der Waals surface area contributed by atoms with Gasteiger partial charge in [-0.25, -0.2) is 13.1 Å². The van der Waals surface area contributed by atoms with Crippen LogP contribution in [0.3, 0.4) is 0 Å². The van der Waals surface area contributed by atoms with Gasteiger partial charge in [-0.05, 0) is 37.1 Å². The number of nitrogens with zero attached hydrogens (tertiary/aromatic N) is 4. The van der Waals surface area contributed by atoms with Crippen LogP contribution < -0.4 is 5.32 Å². The van der Waals surface area contributed by atoms with Gasteiger partial charge in [0.2, 0.25) is 0 Å². The van der Waals surface area contributed by atoms with Gasteiger partial charge in [0.25, 0.3) is 15.9 Å². The van der Waals surface area contributed by atoms with E-state index < -0.39 is 15.9 Å². The van der Waals surface area contributed by atoms with Crippen molar-refractivity contribution in [3.05, 3.63) is 66.0 Å². The summed E-state index contributed by atoms with van der Waals surface area (Å²) in [5.41, 5.74) is 2.03. The molecule has 8 nitrogen and oxygen atoms in total. The number of carbonyl (C=O) groups is 1. The minimum absolute atomic E-state index is 0.0682. The Morgan fingerprint density at radius 3 is 2.68 bits per heavy atom. The summed E-state index contributed by atoms with van der Waals surface area (Å²) in [7, 11) is -3.58. The molecule has 1 fully saturated rings. The molecule has 1 saturated carbocycles. The number of para-hydroxylation sites is 1. The zero-order chi connectivity index (χ0) is 21.4. The highest BCUT2D eigenvalue weighted by molar-refractivity contribution is 7.90. The van der Waals surface area contributed by atoms with Gasteiger partial charge in [-0.1, -0.05) is 31.0 Å². The number of sulfonamides is 1. The molecule has 3 heterocycles. The zero-order valence-electron chi connectivity index (χ0n) is 16.9. The maximum absolute atomic E-state index is 13.2. The molecule has 1 aromatic heterocycles. The largest absolute Gasteiger partial charge is 0.331 e. The Labute approximate surface area is 181 Å². The van der Waals surface area contributed by atoms with Gasteiger partial charge in [-0.3, -0.25) is 4.79 Å². The number of fused-ring (bicyclic) bond motifs is 1. The van der Waals surface area contributed by atoms with Crippen LogP contribution in [0.1, 0.15) is 37.3 Å². The number of rotatable bonds is 4. The molecule has 0 atom stereocenters. The van der Waals surface area contributed by atoms with E-state index in [-0.39, 0.29) is 23.7 Å². The van der Waals surface area contributed by atoms with E-state index >= 15 is 0 Å². The molecule has 0 unspecified atom stereocenters. The van der Waals surface area contributed by atoms with E-state index in [4.69, 9.17) is 5.10 Å². The van der Waals surface area contributed by atoms with E-state index in [0.717, 1.165) is 24.2 Å². The quantitative estimate of drug-likeness (QED) is 0.793. The average Bonchev–Trinajstić information content (AvgIpc) is 3.43. The first-order chi connectivity index (χ1) is 15.0. The number of nitrogens with one attached hydrogen (secondary N) is 1. The van der Waals surface area contributed by atoms with Crippen molar-refractivity contribution >= 4 is 27.6 Å². The van der Waals surface area contributed by atoms with Gasteiger partial charge in [0.15, 0.2) is 5.84 Å². The highest BCUT2D eigenvalue weighted by Crippen LogP contribution is 2.35. The smallest absolute Gasteiger partial charge is 0.260 e. The van der Waals surface area contributed by atoms with Crippen LogP contribution in [-0.2, 0) is 14.8 Å². The lowest BCUT2D eigenvalue weighted by molar-refractivity contribution is -0.112. The van der Waals surface area contributed by atoms with E-state index in [1.165, 1.54) is 12.8 Å². The van der Waals surface area contributed by atoms with Crippen LogP contribution in [0.4, 0.5) is 5.82 Å². The second kappa shape index (κ2) is 7.81. The van der Waals surface area contributed by atoms with Crippen molar-refractivity contribution in [1.29, 1.82) is 0 Å². The van der Waals surface area contributed by atoms with Crippen molar-refractivity contribution in [3.8, 4) is 5.69 Å². The van der Waals surface area contributed by atoms with Crippen LogP contribution >= 0.6 is 0 Å². The third-order valence-electron chi connectivity index (χ3n) is 5.85. The molecule has 2 aromatic rings. The number of aromatic nitrogens is 2. The maximum Gasteiger partial charge on any atom is 0.260 e. The van der Waals surface area contributed by atoms with E-state index in [2.05, 4.69) is 9.71 Å². The maximum atomic E-state index is 13.2. The lowest BCUT2D eigenvalue weighted by Gasteiger charge is -2.28. The van der Waals surface area contributed by atoms with Crippen molar-refractivity contribution in [2.24, 2.45) is 4.40 Å². The fourth-order valence-electron chi connectivity index (χ4n) is 4.25. The Balaban J connectivity index is 1.49. The third kappa shape index (κ3) is 3.93. The second-order valence-corrected chi connectivity index (χ2v) is 9.71. The Morgan fingerprint density at radius 2 is 1.90 bits per heavy atom. The first kappa shape index (κ1) is 19.7. The van der Waals surface area contributed by atoms with Gasteiger partial charge in [-0.2, -0.15) is 5.10 Å². The number of hydrogen-bond donors (Lipinski definition) is 1. The fraction of sp³-hybridized carbons (Fsp3) is 0.318. The molecule has 1 aromatic carbocycles. The number of allylic oxidation sites excluding steroid dienone is 2. The van der Waals surface area contributed by atoms with Gasteiger partial charge >= 0.3 is 0 Å². The first-order valence-corrected chi connectivity index (χ1v) is 12.1. The summed E-state index contributed by atoms with van der Waals surface area (Å²) in [4.78, 5) is 14.9. The van der Waals surface area contributed by atoms with Crippen LogP contribution in [0.5, 0.6) is 0 Å². The summed E-state index contributed by atoms with van der Waals surface area (Å²) < 4.78 is 29.6. The predicted molar refractivity (Wildman–Crippen MR) is 119 cm³/mol. The Bertz CT molecular complexity index is 1210. The van der Waals surface area contributed by atoms with Crippen LogP contribution in [0.15, 0.2) is 64.7 Å². The zero-order valence-corrected chi connectivity index (χ0v) is 17.8. The van der Waals surface area contributed by atoms with Crippen molar-refractivity contribution in [3.63, 3.8) is 0 Å². The first-order valence-electron chi connectivity index (χ1n) is 10.4. The molecule has 0 saturated heterocycles. The van der Waals surface area contributed by atoms with Gasteiger partial charge in [0, 0.05) is 24.7 Å². The van der Waals surface area contributed by atoms with Crippen molar-refractivity contribution in [2.75, 3.05) is 17.6 Å². The number of benzene rings is 1. The predicted octanol–water partition coefficient (Wildman–Crippen LogP) is 2.97. The molecule has 2 aliphatic heterocycles. The molecular formula is C22H23N5O3S. The topological polar surface area (TPSA) is 96.7 Å². The number of anilines is 1. The van der Waals surface area contributed by atoms with E-state index in [0.29, 0.717) is 11.7 Å². The minimum Gasteiger partial charge on any atom is -0.331 e. The highest BCUT2D eigenvalue weighted by atomic mass is 32.2. The summed E-state index contributed by atoms with van der Waals surface area (Å²) in [6, 6.07) is 11.6. The summed E-state index contributed by atoms with van der Waals surface area (Å²) in [5.74, 6) is 0.620. The Morgan fingerprint density at radius 1 is 1.13 bits per heavy atom. The highest BCUT2D eigenvalue weighted by Gasteiger charge is 2.31. The Kier molecular flexibility index (Phi) is 4.97. The molecule has 31 heavy (non-hydrogen) atoms. The van der Waals surface area contributed by atoms with Crippen LogP contribution in [0, 0.1) is 0 Å². The molecule has 0 radical (unpaired) electrons. The lowest BCUT2D eigenvalue weighted by Crippen LogP contribution is -2.41. The second-order valence-electron chi connectivity index (χ2n) is 7.95. The molecule has 0 spiro atoms. The molecule has 1 amide bonds. The number of amidine groups is 1. The van der Waals surface area contributed by atoms with Gasteiger partial charge in [0.05, 0.1) is 22.7 Å². The summed E-state index contributed by atoms with van der Waals surface area (Å²) in [6.07, 6.45) is 9.62. The Hall–Kier alpha value is -3.20. The van der Waals surface area contributed by atoms with Crippen LogP contribution in [-0.4, -0.2) is 47.1 Å². The molecular weight excluding hydrogens is 414 g/mol. The van der Waals surface area contributed by atoms with Gasteiger partial charge in [-0.15, -0.1) is 4.40 Å². The molecule has 0 bridgehead atoms. The van der Waals surface area contributed by atoms with Crippen molar-refractivity contribution < 1.29 is 13.2 Å². The fourth-order valence-corrected chi connectivity index (χ4v) is 5.24. The molecule has 5 rings (SSSR count). The number of hydrogen-bond acceptors (Lipinski definition) is 5. The molecule has 1 N–H and O–H groups in total. The minimum atomic E-state index is -3.58. The van der Waals surface area contributed by atoms with Gasteiger partial charge in [0.1, 0.15) is 5.82 Å². The van der Waals surface area contributed by atoms with E-state index in [9.17, 15) is 13.2 Å². The third-order valence-corrected chi connectivity index (χ3v) is 7.00. The van der Waals surface area contributed by atoms with E-state index in [1.807, 2.05) is 36.4 Å². The summed E-state index contributed by atoms with van der Waals surface area (Å²) in [5, 5.41) is 7.74. The molecule has 3 aliphatic rings. The molecule has 1 aliphatic carbocycles. The summed E-state index contributed by atoms with van der Waals surface area (Å²) in [6.45, 7) is 0.274. The molecule has 160 valence electrons. The SMILES string of the molecule is O=C(Nc1cc(C2CCCC2)nn1-c1ccccc1)C1=CC=CN2CCS(=O)(=O)N=C12. The van der Waals surface area contributed by atoms with Crippen molar-refractivity contribution in [2.45, 2.75) is 31.6 Å². The number of carbonyl (C=O) groups excluding carboxylic acids is 1. The standard InChI is InChI=1S/C22H23N5O3S/c28-22(18-11-6-12-26-13-14-31(29,30)25-21(18)26)23-20-15-19(16-7-4-5-8-16)24-27(20)17-9-2-1-3-10-17/h1-3,6,9-12,15-16H,4-5,7-8,13-14H2,(H,23,28). The normalized spacial score (nSPS) is 20.2. The average molecular weight is 438 g/mol.